The molecule has 0 bridgehead atoms. The molecule has 2 heteroatoms. The average Bonchev–Trinajstić information content (AvgIpc) is 2.30. The molecule has 1 saturated carbocycles. The minimum Gasteiger partial charge on any atom is -0.313 e. The third-order valence-corrected chi connectivity index (χ3v) is 4.31. The Morgan fingerprint density at radius 2 is 1.88 bits per heavy atom. The Kier molecular flexibility index (Phi) is 4.63. The van der Waals surface area contributed by atoms with E-state index in [1.54, 1.807) is 0 Å². The van der Waals surface area contributed by atoms with Gasteiger partial charge in [-0.15, -0.1) is 0 Å². The lowest BCUT2D eigenvalue weighted by Gasteiger charge is -2.30. The first-order valence-electron chi connectivity index (χ1n) is 6.65. The molecule has 0 heterocycles. The van der Waals surface area contributed by atoms with E-state index in [2.05, 4.69) is 53.4 Å². The van der Waals surface area contributed by atoms with Gasteiger partial charge in [-0.2, -0.15) is 0 Å². The van der Waals surface area contributed by atoms with Gasteiger partial charge in [0.05, 0.1) is 0 Å². The molecule has 0 radical (unpaired) electrons. The molecule has 1 aliphatic carbocycles. The van der Waals surface area contributed by atoms with E-state index < -0.39 is 0 Å². The fourth-order valence-electron chi connectivity index (χ4n) is 3.09. The molecule has 1 nitrogen and oxygen atoms in total. The Morgan fingerprint density at radius 1 is 1.18 bits per heavy atom. The first-order chi connectivity index (χ1) is 8.20. The van der Waals surface area contributed by atoms with E-state index in [0.29, 0.717) is 6.04 Å². The van der Waals surface area contributed by atoms with Gasteiger partial charge in [0.2, 0.25) is 0 Å². The van der Waals surface area contributed by atoms with Gasteiger partial charge in [0.15, 0.2) is 0 Å². The van der Waals surface area contributed by atoms with Gasteiger partial charge in [-0.1, -0.05) is 41.3 Å². The van der Waals surface area contributed by atoms with Crippen LogP contribution in [0, 0.1) is 12.8 Å². The van der Waals surface area contributed by atoms with Gasteiger partial charge < -0.3 is 5.32 Å². The molecule has 1 fully saturated rings. The first-order valence-corrected chi connectivity index (χ1v) is 7.44. The predicted molar refractivity (Wildman–Crippen MR) is 77.3 cm³/mol. The molecule has 0 aromatic heterocycles. The molecule has 94 valence electrons. The highest BCUT2D eigenvalue weighted by atomic mass is 79.9. The molecule has 0 spiro atoms. The Balaban J connectivity index is 2.21. The fourth-order valence-corrected chi connectivity index (χ4v) is 3.71. The second-order valence-corrected chi connectivity index (χ2v) is 6.14. The van der Waals surface area contributed by atoms with Gasteiger partial charge >= 0.3 is 0 Å². The molecule has 1 aliphatic rings. The van der Waals surface area contributed by atoms with Gasteiger partial charge in [-0.05, 0) is 56.0 Å². The summed E-state index contributed by atoms with van der Waals surface area (Å²) in [6.45, 7) is 2.17. The Morgan fingerprint density at radius 3 is 2.47 bits per heavy atom. The van der Waals surface area contributed by atoms with Crippen molar-refractivity contribution in [2.75, 3.05) is 7.05 Å². The molecule has 1 unspecified atom stereocenters. The molecule has 2 rings (SSSR count). The molecule has 0 saturated heterocycles. The van der Waals surface area contributed by atoms with E-state index in [1.165, 1.54) is 47.7 Å². The minimum atomic E-state index is 0.520. The van der Waals surface area contributed by atoms with Gasteiger partial charge in [0.1, 0.15) is 0 Å². The maximum absolute atomic E-state index is 3.61. The lowest BCUT2D eigenvalue weighted by molar-refractivity contribution is 0.281. The average molecular weight is 296 g/mol. The number of hydrogen-bond acceptors (Lipinski definition) is 1. The fraction of sp³-hybridized carbons (Fsp3) is 0.600. The van der Waals surface area contributed by atoms with Crippen LogP contribution in [0.3, 0.4) is 0 Å². The predicted octanol–water partition coefficient (Wildman–Crippen LogP) is 4.60. The number of hydrogen-bond donors (Lipinski definition) is 1. The van der Waals surface area contributed by atoms with Crippen LogP contribution in [0.5, 0.6) is 0 Å². The summed E-state index contributed by atoms with van der Waals surface area (Å²) in [5.74, 6) is 0.808. The zero-order valence-electron chi connectivity index (χ0n) is 10.8. The second kappa shape index (κ2) is 6.01. The summed E-state index contributed by atoms with van der Waals surface area (Å²) in [6.07, 6.45) is 6.96. The first kappa shape index (κ1) is 13.1. The minimum absolute atomic E-state index is 0.520. The monoisotopic (exact) mass is 295 g/mol. The SMILES string of the molecule is CNC(c1cc(C)cc(Br)c1)C1CCCCC1. The van der Waals surface area contributed by atoms with Crippen LogP contribution < -0.4 is 5.32 Å². The zero-order chi connectivity index (χ0) is 12.3. The molecule has 1 aromatic rings. The Hall–Kier alpha value is -0.340. The number of rotatable bonds is 3. The van der Waals surface area contributed by atoms with Gasteiger partial charge in [0.25, 0.3) is 0 Å². The summed E-state index contributed by atoms with van der Waals surface area (Å²) in [7, 11) is 2.09. The van der Waals surface area contributed by atoms with Crippen LogP contribution in [-0.2, 0) is 0 Å². The van der Waals surface area contributed by atoms with Crippen molar-refractivity contribution in [3.05, 3.63) is 33.8 Å². The largest absolute Gasteiger partial charge is 0.313 e. The summed E-state index contributed by atoms with van der Waals surface area (Å²) in [5.41, 5.74) is 2.77. The van der Waals surface area contributed by atoms with Crippen LogP contribution >= 0.6 is 15.9 Å². The lowest BCUT2D eigenvalue weighted by atomic mass is 9.81. The number of aryl methyl sites for hydroxylation is 1. The summed E-state index contributed by atoms with van der Waals surface area (Å²) in [6, 6.07) is 7.28. The Bertz CT molecular complexity index is 349. The smallest absolute Gasteiger partial charge is 0.0346 e. The van der Waals surface area contributed by atoms with Crippen molar-refractivity contribution in [3.8, 4) is 0 Å². The number of nitrogens with one attached hydrogen (secondary N) is 1. The third-order valence-electron chi connectivity index (χ3n) is 3.86. The van der Waals surface area contributed by atoms with Gasteiger partial charge in [-0.25, -0.2) is 0 Å². The van der Waals surface area contributed by atoms with Crippen LogP contribution in [-0.4, -0.2) is 7.05 Å². The highest BCUT2D eigenvalue weighted by Crippen LogP contribution is 2.35. The Labute approximate surface area is 113 Å². The van der Waals surface area contributed by atoms with E-state index in [1.807, 2.05) is 0 Å². The van der Waals surface area contributed by atoms with Crippen molar-refractivity contribution < 1.29 is 0 Å². The van der Waals surface area contributed by atoms with E-state index in [0.717, 1.165) is 5.92 Å². The van der Waals surface area contributed by atoms with Crippen molar-refractivity contribution in [2.24, 2.45) is 5.92 Å². The van der Waals surface area contributed by atoms with Crippen LogP contribution in [0.1, 0.15) is 49.3 Å². The summed E-state index contributed by atoms with van der Waals surface area (Å²) < 4.78 is 1.20. The van der Waals surface area contributed by atoms with Crippen molar-refractivity contribution >= 4 is 15.9 Å². The molecular formula is C15H22BrN. The topological polar surface area (TPSA) is 12.0 Å². The molecule has 1 N–H and O–H groups in total. The molecule has 1 aromatic carbocycles. The van der Waals surface area contributed by atoms with Crippen molar-refractivity contribution in [1.29, 1.82) is 0 Å². The maximum atomic E-state index is 3.61. The van der Waals surface area contributed by atoms with E-state index in [9.17, 15) is 0 Å². The van der Waals surface area contributed by atoms with Crippen molar-refractivity contribution in [2.45, 2.75) is 45.1 Å². The molecule has 0 amide bonds. The van der Waals surface area contributed by atoms with Crippen LogP contribution in [0.4, 0.5) is 0 Å². The van der Waals surface area contributed by atoms with Crippen molar-refractivity contribution in [3.63, 3.8) is 0 Å². The molecule has 1 atom stereocenters. The molecule has 0 aliphatic heterocycles. The molecule has 17 heavy (non-hydrogen) atoms. The van der Waals surface area contributed by atoms with Crippen LogP contribution in [0.25, 0.3) is 0 Å². The number of benzene rings is 1. The number of halogens is 1. The normalized spacial score (nSPS) is 19.2. The quantitative estimate of drug-likeness (QED) is 0.859. The zero-order valence-corrected chi connectivity index (χ0v) is 12.4. The summed E-state index contributed by atoms with van der Waals surface area (Å²) >= 11 is 3.61. The lowest BCUT2D eigenvalue weighted by Crippen LogP contribution is -2.27. The van der Waals surface area contributed by atoms with Crippen LogP contribution in [0.15, 0.2) is 22.7 Å². The molecular weight excluding hydrogens is 274 g/mol. The summed E-state index contributed by atoms with van der Waals surface area (Å²) in [5, 5.41) is 3.52. The van der Waals surface area contributed by atoms with Crippen molar-refractivity contribution in [1.82, 2.24) is 5.32 Å². The van der Waals surface area contributed by atoms with E-state index in [4.69, 9.17) is 0 Å². The standard InChI is InChI=1S/C15H22BrN/c1-11-8-13(10-14(16)9-11)15(17-2)12-6-4-3-5-7-12/h8-10,12,15,17H,3-7H2,1-2H3. The highest BCUT2D eigenvalue weighted by Gasteiger charge is 2.23. The maximum Gasteiger partial charge on any atom is 0.0346 e. The summed E-state index contributed by atoms with van der Waals surface area (Å²) in [4.78, 5) is 0. The van der Waals surface area contributed by atoms with E-state index in [-0.39, 0.29) is 0 Å². The van der Waals surface area contributed by atoms with Gasteiger partial charge in [-0.3, -0.25) is 0 Å². The van der Waals surface area contributed by atoms with Crippen LogP contribution in [0.2, 0.25) is 0 Å². The van der Waals surface area contributed by atoms with E-state index >= 15 is 0 Å². The second-order valence-electron chi connectivity index (χ2n) is 5.23. The highest BCUT2D eigenvalue weighted by molar-refractivity contribution is 9.10. The van der Waals surface area contributed by atoms with Gasteiger partial charge in [0, 0.05) is 10.5 Å². The third kappa shape index (κ3) is 3.32.